The first-order valence-electron chi connectivity index (χ1n) is 3.43. The van der Waals surface area contributed by atoms with Crippen molar-refractivity contribution in [2.24, 2.45) is 5.73 Å². The molecule has 0 aliphatic heterocycles. The quantitative estimate of drug-likeness (QED) is 0.635. The topological polar surface area (TPSA) is 46.3 Å². The van der Waals surface area contributed by atoms with E-state index in [4.69, 9.17) is 5.73 Å². The number of hydrogen-bond acceptors (Lipinski definition) is 2. The third-order valence-corrected chi connectivity index (χ3v) is 1.83. The van der Waals surface area contributed by atoms with E-state index in [2.05, 4.69) is 12.6 Å². The van der Waals surface area contributed by atoms with Crippen molar-refractivity contribution < 1.29 is 4.79 Å². The molecule has 1 rings (SSSR count). The third kappa shape index (κ3) is 1.92. The Hall–Kier alpha value is -1.16. The first-order valence-corrected chi connectivity index (χ1v) is 3.88. The second-order valence-corrected chi connectivity index (χ2v) is 2.93. The monoisotopic (exact) mass is 182 g/mol. The fraction of sp³-hybridized carbons (Fsp3) is 0.125. The molecule has 0 saturated carbocycles. The van der Waals surface area contributed by atoms with E-state index in [1.807, 2.05) is 12.1 Å². The van der Waals surface area contributed by atoms with Crippen molar-refractivity contribution in [2.75, 3.05) is 11.9 Å². The lowest BCUT2D eigenvalue weighted by Gasteiger charge is -2.13. The minimum absolute atomic E-state index is 0.478. The van der Waals surface area contributed by atoms with Crippen LogP contribution in [-0.4, -0.2) is 13.1 Å². The largest absolute Gasteiger partial charge is 0.351 e. The van der Waals surface area contributed by atoms with Crippen LogP contribution in [-0.2, 0) is 0 Å². The van der Waals surface area contributed by atoms with Gasteiger partial charge in [0.1, 0.15) is 0 Å². The average molecular weight is 182 g/mol. The van der Waals surface area contributed by atoms with Crippen molar-refractivity contribution in [1.29, 1.82) is 0 Å². The highest BCUT2D eigenvalue weighted by molar-refractivity contribution is 7.80. The molecule has 0 aliphatic rings. The molecule has 0 unspecified atom stereocenters. The van der Waals surface area contributed by atoms with Crippen molar-refractivity contribution in [2.45, 2.75) is 4.90 Å². The molecule has 0 saturated heterocycles. The lowest BCUT2D eigenvalue weighted by atomic mass is 10.3. The van der Waals surface area contributed by atoms with E-state index in [0.717, 1.165) is 10.6 Å². The molecule has 12 heavy (non-hydrogen) atoms. The number of nitrogens with two attached hydrogens (primary N) is 1. The molecule has 3 nitrogen and oxygen atoms in total. The van der Waals surface area contributed by atoms with Crippen LogP contribution >= 0.6 is 12.6 Å². The number of benzene rings is 1. The standard InChI is InChI=1S/C8H10N2OS/c1-10(8(9)11)6-3-2-4-7(12)5-6/h2-5,12H,1H3,(H2,9,11). The number of urea groups is 1. The number of carbonyl (C=O) groups excluding carboxylic acids is 1. The average Bonchev–Trinajstić information content (AvgIpc) is 2.03. The Morgan fingerprint density at radius 2 is 2.25 bits per heavy atom. The molecule has 2 amide bonds. The maximum atomic E-state index is 10.7. The van der Waals surface area contributed by atoms with Crippen LogP contribution in [0.2, 0.25) is 0 Å². The van der Waals surface area contributed by atoms with Crippen LogP contribution < -0.4 is 10.6 Å². The maximum Gasteiger partial charge on any atom is 0.318 e. The summed E-state index contributed by atoms with van der Waals surface area (Å²) in [6.07, 6.45) is 0. The molecule has 0 aliphatic carbocycles. The first-order chi connectivity index (χ1) is 5.61. The van der Waals surface area contributed by atoms with Crippen LogP contribution in [0.1, 0.15) is 0 Å². The van der Waals surface area contributed by atoms with Gasteiger partial charge in [-0.3, -0.25) is 4.90 Å². The maximum absolute atomic E-state index is 10.7. The van der Waals surface area contributed by atoms with Crippen molar-refractivity contribution in [3.05, 3.63) is 24.3 Å². The summed E-state index contributed by atoms with van der Waals surface area (Å²) in [7, 11) is 1.62. The summed E-state index contributed by atoms with van der Waals surface area (Å²) in [6, 6.07) is 6.74. The highest BCUT2D eigenvalue weighted by Gasteiger charge is 2.04. The zero-order chi connectivity index (χ0) is 9.14. The Kier molecular flexibility index (Phi) is 2.60. The molecular formula is C8H10N2OS. The Labute approximate surface area is 76.6 Å². The second kappa shape index (κ2) is 3.49. The molecule has 0 aromatic heterocycles. The fourth-order valence-electron chi connectivity index (χ4n) is 0.829. The molecule has 1 aromatic carbocycles. The third-order valence-electron chi connectivity index (χ3n) is 1.55. The van der Waals surface area contributed by atoms with Crippen molar-refractivity contribution in [3.63, 3.8) is 0 Å². The number of hydrogen-bond donors (Lipinski definition) is 2. The number of nitrogens with zero attached hydrogens (tertiary/aromatic N) is 1. The molecule has 0 spiro atoms. The van der Waals surface area contributed by atoms with Gasteiger partial charge in [-0.2, -0.15) is 0 Å². The van der Waals surface area contributed by atoms with Crippen LogP contribution in [0.5, 0.6) is 0 Å². The van der Waals surface area contributed by atoms with Gasteiger partial charge in [0.15, 0.2) is 0 Å². The summed E-state index contributed by atoms with van der Waals surface area (Å²) >= 11 is 4.14. The molecule has 4 heteroatoms. The Bertz CT molecular complexity index is 301. The van der Waals surface area contributed by atoms with E-state index in [0.29, 0.717) is 0 Å². The molecule has 2 N–H and O–H groups in total. The van der Waals surface area contributed by atoms with E-state index in [9.17, 15) is 4.79 Å². The van der Waals surface area contributed by atoms with Crippen LogP contribution in [0.25, 0.3) is 0 Å². The summed E-state index contributed by atoms with van der Waals surface area (Å²) in [5.41, 5.74) is 5.83. The lowest BCUT2D eigenvalue weighted by Crippen LogP contribution is -2.31. The number of carbonyl (C=O) groups is 1. The summed E-state index contributed by atoms with van der Waals surface area (Å²) in [4.78, 5) is 12.9. The number of anilines is 1. The number of thiol groups is 1. The normalized spacial score (nSPS) is 9.50. The van der Waals surface area contributed by atoms with Gasteiger partial charge in [0.25, 0.3) is 0 Å². The molecular weight excluding hydrogens is 172 g/mol. The lowest BCUT2D eigenvalue weighted by molar-refractivity contribution is 0.255. The van der Waals surface area contributed by atoms with Crippen molar-refractivity contribution >= 4 is 24.3 Å². The minimum Gasteiger partial charge on any atom is -0.351 e. The Morgan fingerprint density at radius 1 is 1.58 bits per heavy atom. The highest BCUT2D eigenvalue weighted by atomic mass is 32.1. The summed E-state index contributed by atoms with van der Waals surface area (Å²) in [6.45, 7) is 0. The minimum atomic E-state index is -0.478. The Morgan fingerprint density at radius 3 is 2.75 bits per heavy atom. The fourth-order valence-corrected chi connectivity index (χ4v) is 1.05. The van der Waals surface area contributed by atoms with Gasteiger partial charge in [-0.05, 0) is 18.2 Å². The summed E-state index contributed by atoms with van der Waals surface area (Å²) in [5, 5.41) is 0. The molecule has 0 bridgehead atoms. The highest BCUT2D eigenvalue weighted by Crippen LogP contribution is 2.16. The molecule has 0 atom stereocenters. The van der Waals surface area contributed by atoms with Gasteiger partial charge in [0.05, 0.1) is 0 Å². The van der Waals surface area contributed by atoms with E-state index in [-0.39, 0.29) is 0 Å². The molecule has 0 heterocycles. The van der Waals surface area contributed by atoms with Gasteiger partial charge in [-0.1, -0.05) is 6.07 Å². The van der Waals surface area contributed by atoms with Crippen LogP contribution in [0, 0.1) is 0 Å². The van der Waals surface area contributed by atoms with Gasteiger partial charge < -0.3 is 5.73 Å². The van der Waals surface area contributed by atoms with E-state index in [1.54, 1.807) is 19.2 Å². The van der Waals surface area contributed by atoms with Gasteiger partial charge in [-0.25, -0.2) is 4.79 Å². The van der Waals surface area contributed by atoms with Gasteiger partial charge >= 0.3 is 6.03 Å². The van der Waals surface area contributed by atoms with E-state index < -0.39 is 6.03 Å². The van der Waals surface area contributed by atoms with Gasteiger partial charge in [-0.15, -0.1) is 12.6 Å². The van der Waals surface area contributed by atoms with Crippen LogP contribution in [0.15, 0.2) is 29.2 Å². The predicted molar refractivity (Wildman–Crippen MR) is 51.7 cm³/mol. The van der Waals surface area contributed by atoms with Crippen molar-refractivity contribution in [1.82, 2.24) is 0 Å². The zero-order valence-corrected chi connectivity index (χ0v) is 7.58. The number of amides is 2. The summed E-state index contributed by atoms with van der Waals surface area (Å²) < 4.78 is 0. The van der Waals surface area contributed by atoms with Crippen LogP contribution in [0.3, 0.4) is 0 Å². The van der Waals surface area contributed by atoms with Crippen molar-refractivity contribution in [3.8, 4) is 0 Å². The smallest absolute Gasteiger partial charge is 0.318 e. The van der Waals surface area contributed by atoms with Gasteiger partial charge in [0.2, 0.25) is 0 Å². The predicted octanol–water partition coefficient (Wildman–Crippen LogP) is 1.49. The SMILES string of the molecule is CN(C(N)=O)c1cccc(S)c1. The first kappa shape index (κ1) is 8.93. The van der Waals surface area contributed by atoms with E-state index in [1.165, 1.54) is 4.90 Å². The molecule has 0 radical (unpaired) electrons. The zero-order valence-electron chi connectivity index (χ0n) is 6.69. The number of rotatable bonds is 1. The van der Waals surface area contributed by atoms with Crippen LogP contribution in [0.4, 0.5) is 10.5 Å². The van der Waals surface area contributed by atoms with Gasteiger partial charge in [0, 0.05) is 17.6 Å². The molecule has 1 aromatic rings. The summed E-state index contributed by atoms with van der Waals surface area (Å²) in [5.74, 6) is 0. The Balaban J connectivity index is 2.95. The molecule has 64 valence electrons. The number of primary amides is 1. The second-order valence-electron chi connectivity index (χ2n) is 2.42. The molecule has 0 fully saturated rings. The van der Waals surface area contributed by atoms with E-state index >= 15 is 0 Å².